The summed E-state index contributed by atoms with van der Waals surface area (Å²) in [4.78, 5) is 14.8. The van der Waals surface area contributed by atoms with Gasteiger partial charge in [-0.2, -0.15) is 0 Å². The van der Waals surface area contributed by atoms with Crippen molar-refractivity contribution < 1.29 is 22.7 Å². The van der Waals surface area contributed by atoms with E-state index in [0.717, 1.165) is 38.5 Å². The predicted molar refractivity (Wildman–Crippen MR) is 105 cm³/mol. The molecule has 4 rings (SSSR count). The molecule has 8 heteroatoms. The molecule has 1 aliphatic carbocycles. The highest BCUT2D eigenvalue weighted by molar-refractivity contribution is 7.92. The summed E-state index contributed by atoms with van der Waals surface area (Å²) < 4.78 is 36.8. The summed E-state index contributed by atoms with van der Waals surface area (Å²) in [6.45, 7) is 2.47. The fourth-order valence-electron chi connectivity index (χ4n) is 4.41. The zero-order valence-corrected chi connectivity index (χ0v) is 16.8. The van der Waals surface area contributed by atoms with Gasteiger partial charge in [0.25, 0.3) is 0 Å². The Morgan fingerprint density at radius 1 is 1.07 bits per heavy atom. The molecule has 1 N–H and O–H groups in total. The average Bonchev–Trinajstić information content (AvgIpc) is 3.42. The molecule has 0 radical (unpaired) electrons. The van der Waals surface area contributed by atoms with Crippen molar-refractivity contribution in [3.63, 3.8) is 0 Å². The zero-order valence-electron chi connectivity index (χ0n) is 16.0. The predicted octanol–water partition coefficient (Wildman–Crippen LogP) is 3.02. The van der Waals surface area contributed by atoms with E-state index in [1.807, 2.05) is 0 Å². The minimum atomic E-state index is -3.34. The summed E-state index contributed by atoms with van der Waals surface area (Å²) in [7, 11) is -3.34. The Hall–Kier alpha value is -1.64. The number of hydrogen-bond donors (Lipinski definition) is 1. The number of anilines is 1. The first-order chi connectivity index (χ1) is 13.5. The number of nitrogens with one attached hydrogen (secondary N) is 1. The second kappa shape index (κ2) is 8.39. The Morgan fingerprint density at radius 2 is 1.82 bits per heavy atom. The summed E-state index contributed by atoms with van der Waals surface area (Å²) in [5, 5.41) is 2.57. The third kappa shape index (κ3) is 4.18. The third-order valence-electron chi connectivity index (χ3n) is 5.93. The lowest BCUT2D eigenvalue weighted by molar-refractivity contribution is -0.0959. The number of amides is 2. The number of carbonyl (C=O) groups excluding carboxylic acids is 1. The van der Waals surface area contributed by atoms with Gasteiger partial charge in [-0.1, -0.05) is 18.9 Å². The number of carbonyl (C=O) groups is 1. The summed E-state index contributed by atoms with van der Waals surface area (Å²) >= 11 is 0. The van der Waals surface area contributed by atoms with Crippen LogP contribution in [-0.4, -0.2) is 57.2 Å². The van der Waals surface area contributed by atoms with Crippen molar-refractivity contribution in [3.05, 3.63) is 24.3 Å². The maximum Gasteiger partial charge on any atom is 0.321 e. The van der Waals surface area contributed by atoms with E-state index in [-0.39, 0.29) is 23.5 Å². The molecule has 0 unspecified atom stereocenters. The van der Waals surface area contributed by atoms with Crippen molar-refractivity contribution in [3.8, 4) is 0 Å². The molecular weight excluding hydrogens is 380 g/mol. The van der Waals surface area contributed by atoms with Gasteiger partial charge >= 0.3 is 6.03 Å². The molecule has 1 saturated carbocycles. The van der Waals surface area contributed by atoms with E-state index >= 15 is 0 Å². The van der Waals surface area contributed by atoms with Gasteiger partial charge in [-0.15, -0.1) is 0 Å². The third-order valence-corrected chi connectivity index (χ3v) is 8.19. The lowest BCUT2D eigenvalue weighted by Gasteiger charge is -2.34. The lowest BCUT2D eigenvalue weighted by atomic mass is 9.98. The van der Waals surface area contributed by atoms with Crippen LogP contribution in [0.3, 0.4) is 0 Å². The number of sulfone groups is 1. The van der Waals surface area contributed by atoms with Crippen LogP contribution in [0.4, 0.5) is 10.5 Å². The van der Waals surface area contributed by atoms with Gasteiger partial charge in [0, 0.05) is 24.7 Å². The van der Waals surface area contributed by atoms with Crippen molar-refractivity contribution in [1.29, 1.82) is 0 Å². The normalized spacial score (nSPS) is 24.6. The molecule has 2 aliphatic heterocycles. The van der Waals surface area contributed by atoms with Crippen LogP contribution < -0.4 is 5.32 Å². The Balaban J connectivity index is 1.41. The number of urea groups is 1. The van der Waals surface area contributed by atoms with Gasteiger partial charge in [0.2, 0.25) is 0 Å². The molecule has 2 saturated heterocycles. The second-order valence-corrected chi connectivity index (χ2v) is 10.1. The molecular formula is C20H28N2O5S. The number of ether oxygens (including phenoxy) is 2. The molecule has 2 amide bonds. The number of rotatable bonds is 4. The molecule has 0 bridgehead atoms. The van der Waals surface area contributed by atoms with Gasteiger partial charge in [0.15, 0.2) is 16.1 Å². The van der Waals surface area contributed by atoms with Gasteiger partial charge < -0.3 is 19.7 Å². The van der Waals surface area contributed by atoms with Gasteiger partial charge in [0.1, 0.15) is 0 Å². The smallest absolute Gasteiger partial charge is 0.321 e. The molecule has 28 heavy (non-hydrogen) atoms. The minimum absolute atomic E-state index is 0.177. The molecule has 154 valence electrons. The highest BCUT2D eigenvalue weighted by atomic mass is 32.2. The number of benzene rings is 1. The number of likely N-dealkylation sites (tertiary alicyclic amines) is 1. The van der Waals surface area contributed by atoms with E-state index in [1.165, 1.54) is 0 Å². The Kier molecular flexibility index (Phi) is 5.89. The molecule has 1 aromatic rings. The highest BCUT2D eigenvalue weighted by Crippen LogP contribution is 2.31. The van der Waals surface area contributed by atoms with Crippen molar-refractivity contribution in [2.45, 2.75) is 55.0 Å². The maximum absolute atomic E-state index is 12.8. The summed E-state index contributed by atoms with van der Waals surface area (Å²) in [6, 6.07) is 6.41. The van der Waals surface area contributed by atoms with Crippen molar-refractivity contribution in [1.82, 2.24) is 4.90 Å². The van der Waals surface area contributed by atoms with E-state index in [9.17, 15) is 13.2 Å². The molecule has 3 fully saturated rings. The molecule has 0 spiro atoms. The highest BCUT2D eigenvalue weighted by Gasteiger charge is 2.33. The first kappa shape index (κ1) is 19.7. The number of piperidine rings is 1. The van der Waals surface area contributed by atoms with Crippen LogP contribution in [0.5, 0.6) is 0 Å². The SMILES string of the molecule is O=C(Nc1cccc(S(=O)(=O)C2CCCC2)c1)N1CCC[C@@H](C2OCCO2)C1. The molecule has 3 aliphatic rings. The van der Waals surface area contributed by atoms with Crippen LogP contribution in [0.25, 0.3) is 0 Å². The first-order valence-electron chi connectivity index (χ1n) is 10.2. The topological polar surface area (TPSA) is 84.9 Å². The van der Waals surface area contributed by atoms with Crippen molar-refractivity contribution >= 4 is 21.6 Å². The second-order valence-electron chi connectivity index (χ2n) is 7.87. The zero-order chi connectivity index (χ0) is 19.6. The Labute approximate surface area is 166 Å². The first-order valence-corrected chi connectivity index (χ1v) is 11.7. The standard InChI is InChI=1S/C20H28N2O5S/c23-20(22-10-4-5-15(14-22)19-26-11-12-27-19)21-16-6-3-9-18(13-16)28(24,25)17-7-1-2-8-17/h3,6,9,13,15,17,19H,1-2,4-5,7-8,10-12,14H2,(H,21,23)/t15-/m1/s1. The fraction of sp³-hybridized carbons (Fsp3) is 0.650. The van der Waals surface area contributed by atoms with E-state index in [2.05, 4.69) is 5.32 Å². The van der Waals surface area contributed by atoms with Gasteiger partial charge in [-0.05, 0) is 43.9 Å². The van der Waals surface area contributed by atoms with Crippen LogP contribution in [0, 0.1) is 5.92 Å². The van der Waals surface area contributed by atoms with Crippen LogP contribution >= 0.6 is 0 Å². The number of hydrogen-bond acceptors (Lipinski definition) is 5. The summed E-state index contributed by atoms with van der Waals surface area (Å²) in [6.07, 6.45) is 5.02. The van der Waals surface area contributed by atoms with Crippen LogP contribution in [0.1, 0.15) is 38.5 Å². The van der Waals surface area contributed by atoms with E-state index < -0.39 is 9.84 Å². The van der Waals surface area contributed by atoms with Crippen molar-refractivity contribution in [2.24, 2.45) is 5.92 Å². The molecule has 0 aromatic heterocycles. The average molecular weight is 409 g/mol. The Bertz CT molecular complexity index is 801. The molecule has 1 atom stereocenters. The van der Waals surface area contributed by atoms with Crippen LogP contribution in [0.15, 0.2) is 29.2 Å². The van der Waals surface area contributed by atoms with E-state index in [4.69, 9.17) is 9.47 Å². The maximum atomic E-state index is 12.8. The quantitative estimate of drug-likeness (QED) is 0.828. The molecule has 7 nitrogen and oxygen atoms in total. The fourth-order valence-corrected chi connectivity index (χ4v) is 6.31. The van der Waals surface area contributed by atoms with Crippen LogP contribution in [0.2, 0.25) is 0 Å². The number of nitrogens with zero attached hydrogens (tertiary/aromatic N) is 1. The van der Waals surface area contributed by atoms with Gasteiger partial charge in [-0.25, -0.2) is 13.2 Å². The van der Waals surface area contributed by atoms with Gasteiger partial charge in [0.05, 0.1) is 23.4 Å². The minimum Gasteiger partial charge on any atom is -0.350 e. The van der Waals surface area contributed by atoms with Gasteiger partial charge in [-0.3, -0.25) is 0 Å². The summed E-state index contributed by atoms with van der Waals surface area (Å²) in [5.41, 5.74) is 0.513. The lowest BCUT2D eigenvalue weighted by Crippen LogP contribution is -2.45. The molecule has 1 aromatic carbocycles. The van der Waals surface area contributed by atoms with Crippen LogP contribution in [-0.2, 0) is 19.3 Å². The van der Waals surface area contributed by atoms with Crippen molar-refractivity contribution in [2.75, 3.05) is 31.6 Å². The van der Waals surface area contributed by atoms with E-state index in [0.29, 0.717) is 36.9 Å². The van der Waals surface area contributed by atoms with E-state index in [1.54, 1.807) is 29.2 Å². The monoisotopic (exact) mass is 408 g/mol. The molecule has 2 heterocycles. The largest absolute Gasteiger partial charge is 0.350 e. The summed E-state index contributed by atoms with van der Waals surface area (Å²) in [5.74, 6) is 0.177. The Morgan fingerprint density at radius 3 is 2.57 bits per heavy atom.